The summed E-state index contributed by atoms with van der Waals surface area (Å²) in [6.45, 7) is 7.17. The molecule has 1 aromatic carbocycles. The SMILES string of the molecule is C=C(C)[C@@H](O)[C@H](C)C(=O)OCc1ccccc1. The Bertz CT molecular complexity index is 384. The first-order valence-electron chi connectivity index (χ1n) is 5.56. The summed E-state index contributed by atoms with van der Waals surface area (Å²) in [7, 11) is 0. The zero-order valence-corrected chi connectivity index (χ0v) is 10.2. The van der Waals surface area contributed by atoms with E-state index in [1.165, 1.54) is 0 Å². The van der Waals surface area contributed by atoms with Crippen molar-refractivity contribution in [2.24, 2.45) is 5.92 Å². The van der Waals surface area contributed by atoms with Gasteiger partial charge in [0.15, 0.2) is 0 Å². The highest BCUT2D eigenvalue weighted by Gasteiger charge is 2.23. The van der Waals surface area contributed by atoms with E-state index in [1.807, 2.05) is 30.3 Å². The molecule has 2 atom stereocenters. The second-order valence-electron chi connectivity index (χ2n) is 4.17. The first kappa shape index (κ1) is 13.5. The smallest absolute Gasteiger partial charge is 0.311 e. The lowest BCUT2D eigenvalue weighted by atomic mass is 10.00. The third-order valence-electron chi connectivity index (χ3n) is 2.57. The van der Waals surface area contributed by atoms with Crippen LogP contribution in [0.25, 0.3) is 0 Å². The van der Waals surface area contributed by atoms with E-state index >= 15 is 0 Å². The van der Waals surface area contributed by atoms with Crippen LogP contribution >= 0.6 is 0 Å². The third kappa shape index (κ3) is 4.04. The van der Waals surface area contributed by atoms with Crippen molar-refractivity contribution >= 4 is 5.97 Å². The van der Waals surface area contributed by atoms with E-state index in [0.29, 0.717) is 5.57 Å². The van der Waals surface area contributed by atoms with Crippen LogP contribution in [0.1, 0.15) is 19.4 Å². The minimum Gasteiger partial charge on any atom is -0.461 e. The first-order chi connectivity index (χ1) is 8.02. The van der Waals surface area contributed by atoms with Gasteiger partial charge in [-0.05, 0) is 19.4 Å². The molecule has 0 saturated carbocycles. The number of carbonyl (C=O) groups excluding carboxylic acids is 1. The minimum absolute atomic E-state index is 0.229. The van der Waals surface area contributed by atoms with Crippen LogP contribution in [0.3, 0.4) is 0 Å². The van der Waals surface area contributed by atoms with E-state index in [4.69, 9.17) is 4.74 Å². The number of aliphatic hydroxyl groups excluding tert-OH is 1. The average Bonchev–Trinajstić information content (AvgIpc) is 2.35. The maximum atomic E-state index is 11.6. The number of rotatable bonds is 5. The van der Waals surface area contributed by atoms with Gasteiger partial charge in [0.05, 0.1) is 12.0 Å². The molecule has 3 nitrogen and oxygen atoms in total. The minimum atomic E-state index is -0.849. The molecule has 0 fully saturated rings. The van der Waals surface area contributed by atoms with Crippen LogP contribution < -0.4 is 0 Å². The Hall–Kier alpha value is -1.61. The highest BCUT2D eigenvalue weighted by molar-refractivity contribution is 5.73. The number of aliphatic hydroxyl groups is 1. The van der Waals surface area contributed by atoms with E-state index in [1.54, 1.807) is 13.8 Å². The molecule has 0 aliphatic heterocycles. The molecule has 3 heteroatoms. The van der Waals surface area contributed by atoms with Crippen LogP contribution in [0.4, 0.5) is 0 Å². The standard InChI is InChI=1S/C14H18O3/c1-10(2)13(15)11(3)14(16)17-9-12-7-5-4-6-8-12/h4-8,11,13,15H,1,9H2,2-3H3/t11-,13+/m0/s1. The molecule has 17 heavy (non-hydrogen) atoms. The molecule has 0 heterocycles. The number of ether oxygens (including phenoxy) is 1. The van der Waals surface area contributed by atoms with Gasteiger partial charge in [-0.3, -0.25) is 4.79 Å². The summed E-state index contributed by atoms with van der Waals surface area (Å²) < 4.78 is 5.12. The van der Waals surface area contributed by atoms with Crippen molar-refractivity contribution < 1.29 is 14.6 Å². The lowest BCUT2D eigenvalue weighted by Crippen LogP contribution is -2.27. The van der Waals surface area contributed by atoms with Gasteiger partial charge in [-0.15, -0.1) is 0 Å². The zero-order valence-electron chi connectivity index (χ0n) is 10.2. The molecule has 0 radical (unpaired) electrons. The second kappa shape index (κ2) is 6.21. The molecule has 0 bridgehead atoms. The van der Waals surface area contributed by atoms with Gasteiger partial charge in [0.2, 0.25) is 0 Å². The molecule has 0 aliphatic rings. The molecular weight excluding hydrogens is 216 g/mol. The fourth-order valence-corrected chi connectivity index (χ4v) is 1.42. The lowest BCUT2D eigenvalue weighted by Gasteiger charge is -2.17. The van der Waals surface area contributed by atoms with Crippen molar-refractivity contribution in [2.75, 3.05) is 0 Å². The van der Waals surface area contributed by atoms with Gasteiger partial charge in [-0.25, -0.2) is 0 Å². The van der Waals surface area contributed by atoms with Crippen molar-refractivity contribution in [3.8, 4) is 0 Å². The molecule has 1 aromatic rings. The fourth-order valence-electron chi connectivity index (χ4n) is 1.42. The Morgan fingerprint density at radius 3 is 2.53 bits per heavy atom. The van der Waals surface area contributed by atoms with Crippen LogP contribution in [0.15, 0.2) is 42.5 Å². The quantitative estimate of drug-likeness (QED) is 0.628. The molecule has 1 N–H and O–H groups in total. The molecule has 0 aromatic heterocycles. The van der Waals surface area contributed by atoms with Gasteiger partial charge in [-0.1, -0.05) is 42.5 Å². The molecule has 0 amide bonds. The summed E-state index contributed by atoms with van der Waals surface area (Å²) in [5, 5.41) is 9.66. The summed E-state index contributed by atoms with van der Waals surface area (Å²) in [6.07, 6.45) is -0.849. The molecule has 0 aliphatic carbocycles. The summed E-state index contributed by atoms with van der Waals surface area (Å²) in [5.41, 5.74) is 1.49. The number of hydrogen-bond acceptors (Lipinski definition) is 3. The van der Waals surface area contributed by atoms with Crippen LogP contribution in [0, 0.1) is 5.92 Å². The van der Waals surface area contributed by atoms with Crippen molar-refractivity contribution in [3.63, 3.8) is 0 Å². The van der Waals surface area contributed by atoms with Gasteiger partial charge < -0.3 is 9.84 Å². The maximum absolute atomic E-state index is 11.6. The monoisotopic (exact) mass is 234 g/mol. The van der Waals surface area contributed by atoms with Gasteiger partial charge in [0.1, 0.15) is 6.61 Å². The molecule has 0 unspecified atom stereocenters. The number of benzene rings is 1. The summed E-state index contributed by atoms with van der Waals surface area (Å²) in [5.74, 6) is -0.999. The third-order valence-corrected chi connectivity index (χ3v) is 2.57. The van der Waals surface area contributed by atoms with Gasteiger partial charge in [-0.2, -0.15) is 0 Å². The number of hydrogen-bond donors (Lipinski definition) is 1. The van der Waals surface area contributed by atoms with Crippen molar-refractivity contribution in [1.82, 2.24) is 0 Å². The molecule has 1 rings (SSSR count). The Balaban J connectivity index is 2.47. The van der Waals surface area contributed by atoms with Crippen molar-refractivity contribution in [1.29, 1.82) is 0 Å². The van der Waals surface area contributed by atoms with Gasteiger partial charge >= 0.3 is 5.97 Å². The van der Waals surface area contributed by atoms with E-state index in [-0.39, 0.29) is 6.61 Å². The topological polar surface area (TPSA) is 46.5 Å². The highest BCUT2D eigenvalue weighted by Crippen LogP contribution is 2.13. The van der Waals surface area contributed by atoms with Crippen molar-refractivity contribution in [3.05, 3.63) is 48.0 Å². The van der Waals surface area contributed by atoms with Crippen LogP contribution in [-0.4, -0.2) is 17.2 Å². The number of esters is 1. The largest absolute Gasteiger partial charge is 0.461 e. The summed E-state index contributed by atoms with van der Waals surface area (Å²) in [6, 6.07) is 9.43. The normalized spacial score (nSPS) is 13.8. The predicted molar refractivity (Wildman–Crippen MR) is 66.2 cm³/mol. The first-order valence-corrected chi connectivity index (χ1v) is 5.56. The lowest BCUT2D eigenvalue weighted by molar-refractivity contribution is -0.152. The van der Waals surface area contributed by atoms with E-state index < -0.39 is 18.0 Å². The Morgan fingerprint density at radius 2 is 2.00 bits per heavy atom. The molecule has 0 saturated heterocycles. The molecule has 0 spiro atoms. The number of carbonyl (C=O) groups is 1. The molecule has 92 valence electrons. The van der Waals surface area contributed by atoms with Crippen molar-refractivity contribution in [2.45, 2.75) is 26.6 Å². The Labute approximate surface area is 102 Å². The Morgan fingerprint density at radius 1 is 1.41 bits per heavy atom. The Kier molecular flexibility index (Phi) is 4.91. The summed E-state index contributed by atoms with van der Waals surface area (Å²) >= 11 is 0. The predicted octanol–water partition coefficient (Wildman–Crippen LogP) is 2.30. The molecular formula is C14H18O3. The van der Waals surface area contributed by atoms with Gasteiger partial charge in [0.25, 0.3) is 0 Å². The second-order valence-corrected chi connectivity index (χ2v) is 4.17. The summed E-state index contributed by atoms with van der Waals surface area (Å²) in [4.78, 5) is 11.6. The average molecular weight is 234 g/mol. The maximum Gasteiger partial charge on any atom is 0.311 e. The fraction of sp³-hybridized carbons (Fsp3) is 0.357. The zero-order chi connectivity index (χ0) is 12.8. The van der Waals surface area contributed by atoms with Crippen LogP contribution in [0.5, 0.6) is 0 Å². The van der Waals surface area contributed by atoms with Crippen LogP contribution in [0.2, 0.25) is 0 Å². The van der Waals surface area contributed by atoms with E-state index in [2.05, 4.69) is 6.58 Å². The highest BCUT2D eigenvalue weighted by atomic mass is 16.5. The van der Waals surface area contributed by atoms with Crippen LogP contribution in [-0.2, 0) is 16.1 Å². The van der Waals surface area contributed by atoms with E-state index in [9.17, 15) is 9.90 Å². The van der Waals surface area contributed by atoms with Gasteiger partial charge in [0, 0.05) is 0 Å². The van der Waals surface area contributed by atoms with E-state index in [0.717, 1.165) is 5.56 Å².